The summed E-state index contributed by atoms with van der Waals surface area (Å²) in [6.07, 6.45) is 1.88. The number of ether oxygens (including phenoxy) is 1. The highest BCUT2D eigenvalue weighted by Crippen LogP contribution is 2.25. The summed E-state index contributed by atoms with van der Waals surface area (Å²) in [4.78, 5) is 25.7. The minimum atomic E-state index is -0.334. The summed E-state index contributed by atoms with van der Waals surface area (Å²) < 4.78 is 4.70. The molecule has 2 N–H and O–H groups in total. The number of rotatable bonds is 8. The van der Waals surface area contributed by atoms with Crippen molar-refractivity contribution in [2.45, 2.75) is 46.1 Å². The maximum Gasteiger partial charge on any atom is 0.306 e. The average molecular weight is 272 g/mol. The van der Waals surface area contributed by atoms with E-state index in [4.69, 9.17) is 10.5 Å². The van der Waals surface area contributed by atoms with Crippen LogP contribution in [0.25, 0.3) is 0 Å². The van der Waals surface area contributed by atoms with Gasteiger partial charge in [-0.3, -0.25) is 9.59 Å². The van der Waals surface area contributed by atoms with Gasteiger partial charge in [-0.1, -0.05) is 26.7 Å². The monoisotopic (exact) mass is 272 g/mol. The Morgan fingerprint density at radius 2 is 1.79 bits per heavy atom. The molecule has 0 aliphatic carbocycles. The number of nitrogens with two attached hydrogens (primary N) is 1. The number of carbonyl (C=O) groups is 2. The smallest absolute Gasteiger partial charge is 0.306 e. The van der Waals surface area contributed by atoms with Crippen molar-refractivity contribution in [3.63, 3.8) is 0 Å². The largest absolute Gasteiger partial charge is 0.469 e. The van der Waals surface area contributed by atoms with Gasteiger partial charge >= 0.3 is 5.97 Å². The van der Waals surface area contributed by atoms with Crippen LogP contribution in [-0.4, -0.2) is 43.5 Å². The molecule has 0 aliphatic heterocycles. The van der Waals surface area contributed by atoms with Crippen LogP contribution in [0.4, 0.5) is 0 Å². The van der Waals surface area contributed by atoms with Gasteiger partial charge in [0.2, 0.25) is 5.91 Å². The fourth-order valence-corrected chi connectivity index (χ4v) is 2.21. The Kier molecular flexibility index (Phi) is 8.39. The van der Waals surface area contributed by atoms with Crippen molar-refractivity contribution in [1.82, 2.24) is 4.90 Å². The van der Waals surface area contributed by atoms with Crippen LogP contribution in [-0.2, 0) is 14.3 Å². The molecule has 112 valence electrons. The van der Waals surface area contributed by atoms with E-state index < -0.39 is 0 Å². The first kappa shape index (κ1) is 17.9. The number of nitrogens with zero attached hydrogens (tertiary/aromatic N) is 1. The van der Waals surface area contributed by atoms with Crippen LogP contribution >= 0.6 is 0 Å². The summed E-state index contributed by atoms with van der Waals surface area (Å²) in [5.74, 6) is -0.475. The highest BCUT2D eigenvalue weighted by Gasteiger charge is 2.32. The zero-order chi connectivity index (χ0) is 15.0. The van der Waals surface area contributed by atoms with Crippen molar-refractivity contribution in [3.8, 4) is 0 Å². The van der Waals surface area contributed by atoms with Gasteiger partial charge in [0.1, 0.15) is 0 Å². The molecule has 0 unspecified atom stereocenters. The molecule has 1 amide bonds. The third-order valence-corrected chi connectivity index (χ3v) is 3.90. The topological polar surface area (TPSA) is 72.6 Å². The number of likely N-dealkylation sites (N-methyl/N-ethyl adjacent to an activating group) is 1. The van der Waals surface area contributed by atoms with E-state index in [0.717, 1.165) is 12.8 Å². The lowest BCUT2D eigenvalue weighted by Gasteiger charge is -2.31. The molecule has 0 radical (unpaired) electrons. The van der Waals surface area contributed by atoms with Crippen LogP contribution < -0.4 is 5.73 Å². The highest BCUT2D eigenvalue weighted by atomic mass is 16.5. The Morgan fingerprint density at radius 3 is 2.16 bits per heavy atom. The molecule has 0 aromatic carbocycles. The molecule has 0 aliphatic rings. The van der Waals surface area contributed by atoms with E-state index >= 15 is 0 Å². The first-order chi connectivity index (χ1) is 8.92. The van der Waals surface area contributed by atoms with Gasteiger partial charge in [-0.25, -0.2) is 0 Å². The van der Waals surface area contributed by atoms with Gasteiger partial charge in [0.25, 0.3) is 0 Å². The SMILES string of the molecule is CCC(CC)[C@H](CC(=O)OC)C(=O)N(C)[C@@H](C)CN. The summed E-state index contributed by atoms with van der Waals surface area (Å²) >= 11 is 0. The van der Waals surface area contributed by atoms with E-state index in [0.29, 0.717) is 6.54 Å². The maximum absolute atomic E-state index is 12.5. The highest BCUT2D eigenvalue weighted by molar-refractivity contribution is 5.84. The van der Waals surface area contributed by atoms with E-state index in [1.165, 1.54) is 7.11 Å². The molecule has 5 heteroatoms. The van der Waals surface area contributed by atoms with Gasteiger partial charge in [-0.15, -0.1) is 0 Å². The third kappa shape index (κ3) is 5.19. The Labute approximate surface area is 116 Å². The van der Waals surface area contributed by atoms with Crippen molar-refractivity contribution >= 4 is 11.9 Å². The Bertz CT molecular complexity index is 290. The molecule has 2 atom stereocenters. The molecule has 0 fully saturated rings. The first-order valence-corrected chi connectivity index (χ1v) is 6.96. The van der Waals surface area contributed by atoms with Crippen molar-refractivity contribution in [1.29, 1.82) is 0 Å². The number of esters is 1. The number of hydrogen-bond acceptors (Lipinski definition) is 4. The lowest BCUT2D eigenvalue weighted by molar-refractivity contribution is -0.148. The molecule has 0 aromatic rings. The number of carbonyl (C=O) groups excluding carboxylic acids is 2. The molecule has 0 spiro atoms. The molecule has 0 heterocycles. The van der Waals surface area contributed by atoms with E-state index in [9.17, 15) is 9.59 Å². The predicted molar refractivity (Wildman–Crippen MR) is 75.5 cm³/mol. The summed E-state index contributed by atoms with van der Waals surface area (Å²) in [6.45, 7) is 6.40. The number of hydrogen-bond donors (Lipinski definition) is 1. The van der Waals surface area contributed by atoms with Crippen molar-refractivity contribution in [2.24, 2.45) is 17.6 Å². The van der Waals surface area contributed by atoms with E-state index in [1.807, 2.05) is 20.8 Å². The van der Waals surface area contributed by atoms with Crippen LogP contribution in [0, 0.1) is 11.8 Å². The van der Waals surface area contributed by atoms with Gasteiger partial charge in [-0.2, -0.15) is 0 Å². The van der Waals surface area contributed by atoms with Crippen LogP contribution in [0.2, 0.25) is 0 Å². The van der Waals surface area contributed by atoms with Crippen LogP contribution in [0.5, 0.6) is 0 Å². The Morgan fingerprint density at radius 1 is 1.26 bits per heavy atom. The molecule has 5 nitrogen and oxygen atoms in total. The summed E-state index contributed by atoms with van der Waals surface area (Å²) in [7, 11) is 3.09. The summed E-state index contributed by atoms with van der Waals surface area (Å²) in [6, 6.07) is -0.0259. The van der Waals surface area contributed by atoms with Crippen LogP contribution in [0.3, 0.4) is 0 Å². The molecule has 0 saturated carbocycles. The van der Waals surface area contributed by atoms with Gasteiger partial charge < -0.3 is 15.4 Å². The van der Waals surface area contributed by atoms with Gasteiger partial charge in [0.05, 0.1) is 19.4 Å². The second kappa shape index (κ2) is 8.91. The van der Waals surface area contributed by atoms with Crippen molar-refractivity contribution < 1.29 is 14.3 Å². The van der Waals surface area contributed by atoms with Crippen molar-refractivity contribution in [3.05, 3.63) is 0 Å². The van der Waals surface area contributed by atoms with Crippen LogP contribution in [0.1, 0.15) is 40.0 Å². The fourth-order valence-electron chi connectivity index (χ4n) is 2.21. The number of amides is 1. The molecule has 19 heavy (non-hydrogen) atoms. The quantitative estimate of drug-likeness (QED) is 0.678. The Hall–Kier alpha value is -1.10. The molecule has 0 aromatic heterocycles. The zero-order valence-corrected chi connectivity index (χ0v) is 12.8. The minimum absolute atomic E-state index is 0.0166. The summed E-state index contributed by atoms with van der Waals surface area (Å²) in [5.41, 5.74) is 5.59. The predicted octanol–water partition coefficient (Wildman–Crippen LogP) is 1.41. The number of methoxy groups -OCH3 is 1. The van der Waals surface area contributed by atoms with E-state index in [2.05, 4.69) is 0 Å². The Balaban J connectivity index is 5.00. The lowest BCUT2D eigenvalue weighted by Crippen LogP contribution is -2.45. The molecule has 0 rings (SSSR count). The van der Waals surface area contributed by atoms with Crippen LogP contribution in [0.15, 0.2) is 0 Å². The van der Waals surface area contributed by atoms with E-state index in [1.54, 1.807) is 11.9 Å². The second-order valence-corrected chi connectivity index (χ2v) is 5.00. The first-order valence-electron chi connectivity index (χ1n) is 6.96. The molecular formula is C14H28N2O3. The normalized spacial score (nSPS) is 14.1. The fraction of sp³-hybridized carbons (Fsp3) is 0.857. The minimum Gasteiger partial charge on any atom is -0.469 e. The second-order valence-electron chi connectivity index (χ2n) is 5.00. The molecular weight excluding hydrogens is 244 g/mol. The molecule has 0 bridgehead atoms. The summed E-state index contributed by atoms with van der Waals surface area (Å²) in [5, 5.41) is 0. The lowest BCUT2D eigenvalue weighted by atomic mass is 9.84. The van der Waals surface area contributed by atoms with Crippen molar-refractivity contribution in [2.75, 3.05) is 20.7 Å². The van der Waals surface area contributed by atoms with Gasteiger partial charge in [0.15, 0.2) is 0 Å². The van der Waals surface area contributed by atoms with Gasteiger partial charge in [-0.05, 0) is 12.8 Å². The maximum atomic E-state index is 12.5. The molecule has 0 saturated heterocycles. The van der Waals surface area contributed by atoms with E-state index in [-0.39, 0.29) is 36.2 Å². The zero-order valence-electron chi connectivity index (χ0n) is 12.8. The van der Waals surface area contributed by atoms with Gasteiger partial charge in [0, 0.05) is 19.6 Å². The third-order valence-electron chi connectivity index (χ3n) is 3.90. The standard InChI is InChI=1S/C14H28N2O3/c1-6-11(7-2)12(8-13(17)19-5)14(18)16(4)10(3)9-15/h10-12H,6-9,15H2,1-5H3/t10-,12-/m0/s1. The average Bonchev–Trinajstić information content (AvgIpc) is 2.44.